The number of hydrogen-bond acceptors (Lipinski definition) is 1. The van der Waals surface area contributed by atoms with Gasteiger partial charge in [0.05, 0.1) is 0 Å². The fourth-order valence-electron chi connectivity index (χ4n) is 2.21. The minimum atomic E-state index is 0.737. The predicted molar refractivity (Wildman–Crippen MR) is 65.3 cm³/mol. The van der Waals surface area contributed by atoms with E-state index in [-0.39, 0.29) is 0 Å². The first-order valence-electron chi connectivity index (χ1n) is 5.74. The lowest BCUT2D eigenvalue weighted by Crippen LogP contribution is -2.25. The van der Waals surface area contributed by atoms with Crippen molar-refractivity contribution in [3.63, 3.8) is 0 Å². The fourth-order valence-corrected chi connectivity index (χ4v) is 2.33. The molecule has 1 N–H and O–H groups in total. The smallest absolute Gasteiger partial charge is 0.0435 e. The maximum Gasteiger partial charge on any atom is 0.0435 e. The minimum absolute atomic E-state index is 0.737. The second kappa shape index (κ2) is 5.00. The zero-order chi connectivity index (χ0) is 10.7. The first-order valence-corrected chi connectivity index (χ1v) is 6.12. The highest BCUT2D eigenvalue weighted by molar-refractivity contribution is 6.31. The van der Waals surface area contributed by atoms with Gasteiger partial charge in [-0.05, 0) is 37.0 Å². The van der Waals surface area contributed by atoms with Crippen LogP contribution < -0.4 is 5.32 Å². The zero-order valence-electron chi connectivity index (χ0n) is 9.22. The Hall–Kier alpha value is -0.530. The summed E-state index contributed by atoms with van der Waals surface area (Å²) in [7, 11) is 0. The summed E-state index contributed by atoms with van der Waals surface area (Å²) in [5.74, 6) is 0. The molecule has 0 atom stereocenters. The molecule has 2 rings (SSSR count). The normalized spacial score (nSPS) is 17.2. The lowest BCUT2D eigenvalue weighted by atomic mass is 10.1. The van der Waals surface area contributed by atoms with E-state index >= 15 is 0 Å². The highest BCUT2D eigenvalue weighted by Crippen LogP contribution is 2.19. The molecule has 15 heavy (non-hydrogen) atoms. The Morgan fingerprint density at radius 2 is 2.07 bits per heavy atom. The number of aryl methyl sites for hydroxylation is 1. The Kier molecular flexibility index (Phi) is 3.66. The molecule has 1 aliphatic carbocycles. The predicted octanol–water partition coefficient (Wildman–Crippen LogP) is 3.68. The van der Waals surface area contributed by atoms with E-state index in [1.807, 2.05) is 6.07 Å². The van der Waals surface area contributed by atoms with E-state index in [1.165, 1.54) is 36.8 Å². The molecule has 1 nitrogen and oxygen atoms in total. The largest absolute Gasteiger partial charge is 0.310 e. The van der Waals surface area contributed by atoms with Gasteiger partial charge in [-0.15, -0.1) is 0 Å². The Balaban J connectivity index is 1.90. The van der Waals surface area contributed by atoms with Gasteiger partial charge in [-0.3, -0.25) is 0 Å². The molecule has 2 heteroatoms. The van der Waals surface area contributed by atoms with E-state index in [2.05, 4.69) is 24.4 Å². The molecule has 0 saturated heterocycles. The summed E-state index contributed by atoms with van der Waals surface area (Å²) in [6.07, 6.45) is 5.45. The zero-order valence-corrected chi connectivity index (χ0v) is 9.98. The summed E-state index contributed by atoms with van der Waals surface area (Å²) >= 11 is 5.99. The van der Waals surface area contributed by atoms with E-state index in [0.29, 0.717) is 0 Å². The highest BCUT2D eigenvalue weighted by atomic mass is 35.5. The summed E-state index contributed by atoms with van der Waals surface area (Å²) in [6, 6.07) is 7.00. The van der Waals surface area contributed by atoms with Crippen molar-refractivity contribution in [3.05, 3.63) is 34.3 Å². The van der Waals surface area contributed by atoms with Crippen LogP contribution in [0.1, 0.15) is 36.8 Å². The van der Waals surface area contributed by atoms with Gasteiger partial charge < -0.3 is 5.32 Å². The quantitative estimate of drug-likeness (QED) is 0.825. The lowest BCUT2D eigenvalue weighted by molar-refractivity contribution is 0.524. The fraction of sp³-hybridized carbons (Fsp3) is 0.538. The van der Waals surface area contributed by atoms with Crippen molar-refractivity contribution in [2.75, 3.05) is 0 Å². The van der Waals surface area contributed by atoms with E-state index in [1.54, 1.807) is 0 Å². The number of halogens is 1. The maximum absolute atomic E-state index is 5.99. The number of hydrogen-bond donors (Lipinski definition) is 1. The lowest BCUT2D eigenvalue weighted by Gasteiger charge is -2.12. The SMILES string of the molecule is Cc1cc(CNC2CCCC2)ccc1Cl. The van der Waals surface area contributed by atoms with Crippen LogP contribution >= 0.6 is 11.6 Å². The maximum atomic E-state index is 5.99. The van der Waals surface area contributed by atoms with Crippen molar-refractivity contribution in [1.29, 1.82) is 0 Å². The average Bonchev–Trinajstić information content (AvgIpc) is 2.73. The van der Waals surface area contributed by atoms with Crippen molar-refractivity contribution in [1.82, 2.24) is 5.32 Å². The van der Waals surface area contributed by atoms with Crippen LogP contribution in [0.25, 0.3) is 0 Å². The minimum Gasteiger partial charge on any atom is -0.310 e. The van der Waals surface area contributed by atoms with Crippen LogP contribution in [0.4, 0.5) is 0 Å². The highest BCUT2D eigenvalue weighted by Gasteiger charge is 2.13. The Labute approximate surface area is 96.8 Å². The molecule has 82 valence electrons. The van der Waals surface area contributed by atoms with E-state index in [0.717, 1.165) is 17.6 Å². The van der Waals surface area contributed by atoms with Gasteiger partial charge in [-0.2, -0.15) is 0 Å². The molecule has 0 spiro atoms. The number of benzene rings is 1. The molecule has 0 amide bonds. The summed E-state index contributed by atoms with van der Waals surface area (Å²) in [4.78, 5) is 0. The summed E-state index contributed by atoms with van der Waals surface area (Å²) in [6.45, 7) is 3.03. The second-order valence-electron chi connectivity index (χ2n) is 4.45. The van der Waals surface area contributed by atoms with Crippen LogP contribution in [0.15, 0.2) is 18.2 Å². The molecule has 1 aromatic rings. The van der Waals surface area contributed by atoms with Crippen LogP contribution in [0, 0.1) is 6.92 Å². The standard InChI is InChI=1S/C13H18ClN/c1-10-8-11(6-7-13(10)14)9-15-12-4-2-3-5-12/h6-8,12,15H,2-5,9H2,1H3. The number of nitrogens with one attached hydrogen (secondary N) is 1. The molecule has 0 aliphatic heterocycles. The molecule has 1 fully saturated rings. The summed E-state index contributed by atoms with van der Waals surface area (Å²) in [5, 5.41) is 4.46. The van der Waals surface area contributed by atoms with Gasteiger partial charge in [0.1, 0.15) is 0 Å². The molecule has 0 heterocycles. The van der Waals surface area contributed by atoms with Crippen LogP contribution in [-0.2, 0) is 6.54 Å². The van der Waals surface area contributed by atoms with Crippen LogP contribution in [0.2, 0.25) is 5.02 Å². The Bertz CT molecular complexity index is 329. The van der Waals surface area contributed by atoms with Gasteiger partial charge in [-0.1, -0.05) is 36.6 Å². The molecular weight excluding hydrogens is 206 g/mol. The Morgan fingerprint density at radius 1 is 1.33 bits per heavy atom. The average molecular weight is 224 g/mol. The third kappa shape index (κ3) is 2.96. The Morgan fingerprint density at radius 3 is 2.73 bits per heavy atom. The van der Waals surface area contributed by atoms with Gasteiger partial charge in [0.2, 0.25) is 0 Å². The molecule has 0 bridgehead atoms. The van der Waals surface area contributed by atoms with Gasteiger partial charge in [0, 0.05) is 17.6 Å². The van der Waals surface area contributed by atoms with Crippen LogP contribution in [0.5, 0.6) is 0 Å². The summed E-state index contributed by atoms with van der Waals surface area (Å²) in [5.41, 5.74) is 2.51. The van der Waals surface area contributed by atoms with Gasteiger partial charge >= 0.3 is 0 Å². The molecule has 1 saturated carbocycles. The molecule has 0 unspecified atom stereocenters. The first kappa shape index (κ1) is 11.0. The van der Waals surface area contributed by atoms with Crippen molar-refractivity contribution >= 4 is 11.6 Å². The topological polar surface area (TPSA) is 12.0 Å². The van der Waals surface area contributed by atoms with Crippen molar-refractivity contribution in [3.8, 4) is 0 Å². The molecule has 1 aliphatic rings. The van der Waals surface area contributed by atoms with E-state index < -0.39 is 0 Å². The monoisotopic (exact) mass is 223 g/mol. The van der Waals surface area contributed by atoms with Crippen molar-refractivity contribution < 1.29 is 0 Å². The molecule has 0 radical (unpaired) electrons. The third-order valence-electron chi connectivity index (χ3n) is 3.17. The van der Waals surface area contributed by atoms with Crippen LogP contribution in [-0.4, -0.2) is 6.04 Å². The first-order chi connectivity index (χ1) is 7.25. The van der Waals surface area contributed by atoms with E-state index in [9.17, 15) is 0 Å². The second-order valence-corrected chi connectivity index (χ2v) is 4.85. The van der Waals surface area contributed by atoms with Gasteiger partial charge in [-0.25, -0.2) is 0 Å². The van der Waals surface area contributed by atoms with Crippen LogP contribution in [0.3, 0.4) is 0 Å². The molecule has 0 aromatic heterocycles. The van der Waals surface area contributed by atoms with Gasteiger partial charge in [0.15, 0.2) is 0 Å². The number of rotatable bonds is 3. The van der Waals surface area contributed by atoms with Crippen molar-refractivity contribution in [2.45, 2.75) is 45.2 Å². The molecule has 1 aromatic carbocycles. The summed E-state index contributed by atoms with van der Waals surface area (Å²) < 4.78 is 0. The molecular formula is C13H18ClN. The van der Waals surface area contributed by atoms with Crippen molar-refractivity contribution in [2.24, 2.45) is 0 Å². The third-order valence-corrected chi connectivity index (χ3v) is 3.60. The van der Waals surface area contributed by atoms with Gasteiger partial charge in [0.25, 0.3) is 0 Å². The van der Waals surface area contributed by atoms with E-state index in [4.69, 9.17) is 11.6 Å².